The minimum Gasteiger partial charge on any atom is -0.349 e. The first-order valence-corrected chi connectivity index (χ1v) is 6.67. The van der Waals surface area contributed by atoms with E-state index in [1.54, 1.807) is 0 Å². The van der Waals surface area contributed by atoms with Gasteiger partial charge in [-0.25, -0.2) is 0 Å². The lowest BCUT2D eigenvalue weighted by Gasteiger charge is -2.29. The molecule has 0 bridgehead atoms. The molecule has 1 heterocycles. The van der Waals surface area contributed by atoms with E-state index in [-0.39, 0.29) is 11.9 Å². The van der Waals surface area contributed by atoms with E-state index in [4.69, 9.17) is 5.84 Å². The van der Waals surface area contributed by atoms with Crippen LogP contribution in [0.25, 0.3) is 0 Å². The summed E-state index contributed by atoms with van der Waals surface area (Å²) in [5, 5.41) is 3.09. The summed E-state index contributed by atoms with van der Waals surface area (Å²) < 4.78 is 0. The summed E-state index contributed by atoms with van der Waals surface area (Å²) >= 11 is 0. The molecule has 0 spiro atoms. The molecule has 0 saturated carbocycles. The van der Waals surface area contributed by atoms with Gasteiger partial charge in [0.2, 0.25) is 0 Å². The van der Waals surface area contributed by atoms with E-state index in [9.17, 15) is 4.79 Å². The second-order valence-corrected chi connectivity index (χ2v) is 5.24. The first kappa shape index (κ1) is 13.8. The van der Waals surface area contributed by atoms with Gasteiger partial charge in [-0.05, 0) is 57.6 Å². The summed E-state index contributed by atoms with van der Waals surface area (Å²) in [5.74, 6) is 5.42. The quantitative estimate of drug-likeness (QED) is 0.563. The highest BCUT2D eigenvalue weighted by molar-refractivity contribution is 5.99. The Morgan fingerprint density at radius 3 is 2.68 bits per heavy atom. The maximum atomic E-state index is 12.3. The predicted molar refractivity (Wildman–Crippen MR) is 77.0 cm³/mol. The van der Waals surface area contributed by atoms with Crippen LogP contribution in [-0.2, 0) is 0 Å². The molecular weight excluding hydrogens is 240 g/mol. The molecule has 104 valence electrons. The van der Waals surface area contributed by atoms with Gasteiger partial charge in [0, 0.05) is 6.04 Å². The van der Waals surface area contributed by atoms with Crippen molar-refractivity contribution < 1.29 is 4.79 Å². The maximum absolute atomic E-state index is 12.3. The van der Waals surface area contributed by atoms with Crippen LogP contribution in [0.1, 0.15) is 28.8 Å². The van der Waals surface area contributed by atoms with Gasteiger partial charge in [0.15, 0.2) is 0 Å². The molecule has 0 unspecified atom stereocenters. The number of carbonyl (C=O) groups excluding carboxylic acids is 1. The highest BCUT2D eigenvalue weighted by Gasteiger charge is 2.20. The fourth-order valence-corrected chi connectivity index (χ4v) is 2.39. The molecule has 5 heteroatoms. The SMILES string of the molecule is Cc1ccc(C(=O)NC2CCN(C)CC2)c(NN)c1. The number of hydrogen-bond donors (Lipinski definition) is 3. The number of piperidine rings is 1. The topological polar surface area (TPSA) is 70.4 Å². The van der Waals surface area contributed by atoms with Crippen LogP contribution >= 0.6 is 0 Å². The summed E-state index contributed by atoms with van der Waals surface area (Å²) in [6, 6.07) is 5.87. The van der Waals surface area contributed by atoms with Crippen molar-refractivity contribution in [2.45, 2.75) is 25.8 Å². The van der Waals surface area contributed by atoms with Gasteiger partial charge in [0.25, 0.3) is 5.91 Å². The van der Waals surface area contributed by atoms with Crippen LogP contribution in [0.4, 0.5) is 5.69 Å². The van der Waals surface area contributed by atoms with Crippen molar-refractivity contribution in [3.63, 3.8) is 0 Å². The molecule has 1 saturated heterocycles. The molecule has 0 aliphatic carbocycles. The number of hydrazine groups is 1. The van der Waals surface area contributed by atoms with E-state index < -0.39 is 0 Å². The average molecular weight is 262 g/mol. The molecule has 1 aromatic rings. The lowest BCUT2D eigenvalue weighted by Crippen LogP contribution is -2.43. The average Bonchev–Trinajstić information content (AvgIpc) is 2.41. The first-order chi connectivity index (χ1) is 9.10. The molecule has 1 fully saturated rings. The van der Waals surface area contributed by atoms with E-state index >= 15 is 0 Å². The van der Waals surface area contributed by atoms with Crippen LogP contribution in [0.15, 0.2) is 18.2 Å². The van der Waals surface area contributed by atoms with Crippen LogP contribution < -0.4 is 16.6 Å². The molecule has 1 aliphatic rings. The monoisotopic (exact) mass is 262 g/mol. The number of hydrogen-bond acceptors (Lipinski definition) is 4. The number of nitrogen functional groups attached to an aromatic ring is 1. The smallest absolute Gasteiger partial charge is 0.253 e. The van der Waals surface area contributed by atoms with E-state index in [0.717, 1.165) is 31.5 Å². The van der Waals surface area contributed by atoms with Crippen molar-refractivity contribution in [1.82, 2.24) is 10.2 Å². The Morgan fingerprint density at radius 1 is 1.37 bits per heavy atom. The van der Waals surface area contributed by atoms with Gasteiger partial charge in [-0.3, -0.25) is 10.6 Å². The Balaban J connectivity index is 2.03. The lowest BCUT2D eigenvalue weighted by molar-refractivity contribution is 0.0917. The molecule has 1 aromatic carbocycles. The van der Waals surface area contributed by atoms with Crippen LogP contribution in [-0.4, -0.2) is 37.0 Å². The Hall–Kier alpha value is -1.59. The van der Waals surface area contributed by atoms with Crippen molar-refractivity contribution >= 4 is 11.6 Å². The maximum Gasteiger partial charge on any atom is 0.253 e. The van der Waals surface area contributed by atoms with Gasteiger partial charge in [-0.15, -0.1) is 0 Å². The number of nitrogens with two attached hydrogens (primary N) is 1. The fourth-order valence-electron chi connectivity index (χ4n) is 2.39. The third-order valence-corrected chi connectivity index (χ3v) is 3.63. The fraction of sp³-hybridized carbons (Fsp3) is 0.500. The number of aryl methyl sites for hydroxylation is 1. The van der Waals surface area contributed by atoms with E-state index in [2.05, 4.69) is 22.7 Å². The van der Waals surface area contributed by atoms with Gasteiger partial charge >= 0.3 is 0 Å². The van der Waals surface area contributed by atoms with Crippen LogP contribution in [0.2, 0.25) is 0 Å². The Bertz CT molecular complexity index is 453. The predicted octanol–water partition coefficient (Wildman–Crippen LogP) is 1.10. The normalized spacial score (nSPS) is 17.2. The van der Waals surface area contributed by atoms with E-state index in [1.165, 1.54) is 0 Å². The Morgan fingerprint density at radius 2 is 2.05 bits per heavy atom. The van der Waals surface area contributed by atoms with Crippen LogP contribution in [0.3, 0.4) is 0 Å². The zero-order valence-corrected chi connectivity index (χ0v) is 11.6. The van der Waals surface area contributed by atoms with Gasteiger partial charge in [-0.2, -0.15) is 0 Å². The number of anilines is 1. The number of nitrogens with one attached hydrogen (secondary N) is 2. The van der Waals surface area contributed by atoms with Gasteiger partial charge in [0.05, 0.1) is 11.3 Å². The molecule has 0 atom stereocenters. The molecule has 0 radical (unpaired) electrons. The molecule has 1 amide bonds. The third-order valence-electron chi connectivity index (χ3n) is 3.63. The minimum absolute atomic E-state index is 0.0532. The van der Waals surface area contributed by atoms with Crippen molar-refractivity contribution in [2.24, 2.45) is 5.84 Å². The van der Waals surface area contributed by atoms with Crippen LogP contribution in [0, 0.1) is 6.92 Å². The van der Waals surface area contributed by atoms with Crippen molar-refractivity contribution in [3.05, 3.63) is 29.3 Å². The van der Waals surface area contributed by atoms with Crippen molar-refractivity contribution in [1.29, 1.82) is 0 Å². The number of benzene rings is 1. The van der Waals surface area contributed by atoms with Gasteiger partial charge < -0.3 is 15.6 Å². The molecule has 0 aromatic heterocycles. The number of rotatable bonds is 3. The number of likely N-dealkylation sites (tertiary alicyclic amines) is 1. The van der Waals surface area contributed by atoms with Crippen molar-refractivity contribution in [3.8, 4) is 0 Å². The standard InChI is InChI=1S/C14H22N4O/c1-10-3-4-12(13(9-10)17-15)14(19)16-11-5-7-18(2)8-6-11/h3-4,9,11,17H,5-8,15H2,1-2H3,(H,16,19). The van der Waals surface area contributed by atoms with E-state index in [1.807, 2.05) is 25.1 Å². The largest absolute Gasteiger partial charge is 0.349 e. The highest BCUT2D eigenvalue weighted by atomic mass is 16.1. The van der Waals surface area contributed by atoms with Crippen molar-refractivity contribution in [2.75, 3.05) is 25.6 Å². The number of nitrogens with zero attached hydrogens (tertiary/aromatic N) is 1. The van der Waals surface area contributed by atoms with E-state index in [0.29, 0.717) is 11.3 Å². The zero-order valence-electron chi connectivity index (χ0n) is 11.6. The van der Waals surface area contributed by atoms with Gasteiger partial charge in [-0.1, -0.05) is 6.07 Å². The third kappa shape index (κ3) is 3.45. The van der Waals surface area contributed by atoms with Gasteiger partial charge in [0.1, 0.15) is 0 Å². The first-order valence-electron chi connectivity index (χ1n) is 6.67. The molecule has 19 heavy (non-hydrogen) atoms. The Labute approximate surface area is 114 Å². The molecule has 4 N–H and O–H groups in total. The molecule has 2 rings (SSSR count). The molecule has 5 nitrogen and oxygen atoms in total. The second-order valence-electron chi connectivity index (χ2n) is 5.24. The second kappa shape index (κ2) is 6.04. The Kier molecular flexibility index (Phi) is 4.39. The number of carbonyl (C=O) groups is 1. The molecular formula is C14H22N4O. The minimum atomic E-state index is -0.0532. The van der Waals surface area contributed by atoms with Crippen LogP contribution in [0.5, 0.6) is 0 Å². The summed E-state index contributed by atoms with van der Waals surface area (Å²) in [5.41, 5.74) is 4.94. The zero-order chi connectivity index (χ0) is 13.8. The lowest BCUT2D eigenvalue weighted by atomic mass is 10.0. The molecule has 1 aliphatic heterocycles. The summed E-state index contributed by atoms with van der Waals surface area (Å²) in [6.07, 6.45) is 2.00. The summed E-state index contributed by atoms with van der Waals surface area (Å²) in [6.45, 7) is 4.03. The summed E-state index contributed by atoms with van der Waals surface area (Å²) in [7, 11) is 2.11. The highest BCUT2D eigenvalue weighted by Crippen LogP contribution is 2.17. The summed E-state index contributed by atoms with van der Waals surface area (Å²) in [4.78, 5) is 14.5. The number of amides is 1.